The van der Waals surface area contributed by atoms with Gasteiger partial charge in [-0.1, -0.05) is 91.0 Å². The molecule has 0 saturated carbocycles. The Labute approximate surface area is 163 Å². The van der Waals surface area contributed by atoms with Gasteiger partial charge in [-0.15, -0.1) is 0 Å². The van der Waals surface area contributed by atoms with E-state index in [4.69, 9.17) is 4.74 Å². The van der Waals surface area contributed by atoms with E-state index in [-0.39, 0.29) is 11.9 Å². The Morgan fingerprint density at radius 1 is 0.786 bits per heavy atom. The van der Waals surface area contributed by atoms with Crippen molar-refractivity contribution in [3.8, 4) is 0 Å². The molecule has 0 radical (unpaired) electrons. The van der Waals surface area contributed by atoms with Crippen LogP contribution in [-0.2, 0) is 14.3 Å². The van der Waals surface area contributed by atoms with Crippen molar-refractivity contribution in [2.75, 3.05) is 0 Å². The fourth-order valence-electron chi connectivity index (χ4n) is 3.34. The van der Waals surface area contributed by atoms with Crippen LogP contribution in [0.25, 0.3) is 5.57 Å². The van der Waals surface area contributed by atoms with Crippen LogP contribution < -0.4 is 5.32 Å². The molecule has 1 unspecified atom stereocenters. The first-order valence-electron chi connectivity index (χ1n) is 9.10. The summed E-state index contributed by atoms with van der Waals surface area (Å²) in [5, 5.41) is 3.05. The number of carbonyl (C=O) groups excluding carboxylic acids is 2. The summed E-state index contributed by atoms with van der Waals surface area (Å²) in [6, 6.07) is 28.5. The molecule has 28 heavy (non-hydrogen) atoms. The van der Waals surface area contributed by atoms with Gasteiger partial charge >= 0.3 is 5.97 Å². The summed E-state index contributed by atoms with van der Waals surface area (Å²) in [5.74, 6) is -0.853. The number of cyclic esters (lactones) is 1. The van der Waals surface area contributed by atoms with E-state index in [9.17, 15) is 9.59 Å². The van der Waals surface area contributed by atoms with Gasteiger partial charge in [0.1, 0.15) is 0 Å². The lowest BCUT2D eigenvalue weighted by Crippen LogP contribution is -2.38. The van der Waals surface area contributed by atoms with Crippen molar-refractivity contribution in [3.63, 3.8) is 0 Å². The SMILES string of the molecule is O=C1C=C(c2ccccc2)C(C(=O)NC(c2ccccc2)c2ccccc2)O1. The number of amides is 1. The summed E-state index contributed by atoms with van der Waals surface area (Å²) in [4.78, 5) is 25.0. The maximum absolute atomic E-state index is 13.1. The number of carbonyl (C=O) groups is 2. The minimum absolute atomic E-state index is 0.341. The molecule has 3 aromatic rings. The fourth-order valence-corrected chi connectivity index (χ4v) is 3.34. The molecule has 3 aromatic carbocycles. The van der Waals surface area contributed by atoms with Gasteiger partial charge in [-0.2, -0.15) is 0 Å². The average Bonchev–Trinajstić information content (AvgIpc) is 3.15. The summed E-state index contributed by atoms with van der Waals surface area (Å²) < 4.78 is 5.32. The Morgan fingerprint density at radius 2 is 1.29 bits per heavy atom. The molecular formula is C24H19NO3. The van der Waals surface area contributed by atoms with E-state index >= 15 is 0 Å². The number of rotatable bonds is 5. The van der Waals surface area contributed by atoms with Gasteiger partial charge < -0.3 is 10.1 Å². The monoisotopic (exact) mass is 369 g/mol. The van der Waals surface area contributed by atoms with E-state index < -0.39 is 12.1 Å². The molecule has 0 saturated heterocycles. The lowest BCUT2D eigenvalue weighted by atomic mass is 9.97. The van der Waals surface area contributed by atoms with Crippen molar-refractivity contribution >= 4 is 17.4 Å². The molecule has 1 heterocycles. The number of ether oxygens (including phenoxy) is 1. The molecule has 1 atom stereocenters. The highest BCUT2D eigenvalue weighted by atomic mass is 16.6. The van der Waals surface area contributed by atoms with E-state index in [1.54, 1.807) is 0 Å². The Balaban J connectivity index is 1.63. The largest absolute Gasteiger partial charge is 0.444 e. The van der Waals surface area contributed by atoms with Gasteiger partial charge in [-0.3, -0.25) is 4.79 Å². The molecule has 1 N–H and O–H groups in total. The van der Waals surface area contributed by atoms with E-state index in [1.165, 1.54) is 6.08 Å². The van der Waals surface area contributed by atoms with Crippen LogP contribution >= 0.6 is 0 Å². The van der Waals surface area contributed by atoms with Crippen LogP contribution in [-0.4, -0.2) is 18.0 Å². The van der Waals surface area contributed by atoms with Crippen LogP contribution in [0.1, 0.15) is 22.7 Å². The molecule has 4 heteroatoms. The molecule has 4 rings (SSSR count). The van der Waals surface area contributed by atoms with Crippen molar-refractivity contribution in [2.24, 2.45) is 0 Å². The smallest absolute Gasteiger partial charge is 0.332 e. The normalized spacial score (nSPS) is 15.8. The van der Waals surface area contributed by atoms with Crippen molar-refractivity contribution in [3.05, 3.63) is 114 Å². The molecule has 0 bridgehead atoms. The zero-order valence-corrected chi connectivity index (χ0v) is 15.1. The Morgan fingerprint density at radius 3 is 1.82 bits per heavy atom. The van der Waals surface area contributed by atoms with Gasteiger partial charge in [0.15, 0.2) is 0 Å². The molecule has 1 aliphatic rings. The van der Waals surface area contributed by atoms with Crippen molar-refractivity contribution in [1.82, 2.24) is 5.32 Å². The van der Waals surface area contributed by atoms with Crippen LogP contribution in [0.15, 0.2) is 97.1 Å². The van der Waals surface area contributed by atoms with Gasteiger partial charge in [0.2, 0.25) is 6.10 Å². The number of benzene rings is 3. The van der Waals surface area contributed by atoms with Gasteiger partial charge in [0, 0.05) is 11.6 Å². The molecule has 1 amide bonds. The highest BCUT2D eigenvalue weighted by Crippen LogP contribution is 2.28. The van der Waals surface area contributed by atoms with E-state index in [0.29, 0.717) is 5.57 Å². The number of hydrogen-bond donors (Lipinski definition) is 1. The summed E-state index contributed by atoms with van der Waals surface area (Å²) in [5.41, 5.74) is 3.28. The highest BCUT2D eigenvalue weighted by molar-refractivity contribution is 6.07. The molecule has 4 nitrogen and oxygen atoms in total. The second-order valence-electron chi connectivity index (χ2n) is 6.55. The van der Waals surface area contributed by atoms with Crippen LogP contribution in [0.2, 0.25) is 0 Å². The van der Waals surface area contributed by atoms with Gasteiger partial charge in [-0.25, -0.2) is 4.79 Å². The Hall–Kier alpha value is -3.66. The first-order chi connectivity index (χ1) is 13.7. The second kappa shape index (κ2) is 7.92. The zero-order chi connectivity index (χ0) is 19.3. The zero-order valence-electron chi connectivity index (χ0n) is 15.1. The molecule has 0 aliphatic carbocycles. The third-order valence-corrected chi connectivity index (χ3v) is 4.69. The van der Waals surface area contributed by atoms with Crippen molar-refractivity contribution in [2.45, 2.75) is 12.1 Å². The van der Waals surface area contributed by atoms with Gasteiger partial charge in [0.25, 0.3) is 5.91 Å². The van der Waals surface area contributed by atoms with Crippen LogP contribution in [0.5, 0.6) is 0 Å². The lowest BCUT2D eigenvalue weighted by molar-refractivity contribution is -0.146. The number of nitrogens with one attached hydrogen (secondary N) is 1. The van der Waals surface area contributed by atoms with E-state index in [1.807, 2.05) is 91.0 Å². The summed E-state index contributed by atoms with van der Waals surface area (Å²) in [7, 11) is 0. The minimum atomic E-state index is -0.968. The first-order valence-corrected chi connectivity index (χ1v) is 9.10. The minimum Gasteiger partial charge on any atom is -0.444 e. The van der Waals surface area contributed by atoms with Crippen LogP contribution in [0, 0.1) is 0 Å². The lowest BCUT2D eigenvalue weighted by Gasteiger charge is -2.22. The van der Waals surface area contributed by atoms with Gasteiger partial charge in [-0.05, 0) is 16.7 Å². The van der Waals surface area contributed by atoms with Crippen LogP contribution in [0.3, 0.4) is 0 Å². The number of hydrogen-bond acceptors (Lipinski definition) is 3. The van der Waals surface area contributed by atoms with E-state index in [2.05, 4.69) is 5.32 Å². The molecule has 0 aromatic heterocycles. The summed E-state index contributed by atoms with van der Waals surface area (Å²) in [6.45, 7) is 0. The molecule has 0 fully saturated rings. The average molecular weight is 369 g/mol. The standard InChI is InChI=1S/C24H19NO3/c26-21-16-20(17-10-4-1-5-11-17)23(28-21)24(27)25-22(18-12-6-2-7-13-18)19-14-8-3-9-15-19/h1-16,22-23H,(H,25,27). The van der Waals surface area contributed by atoms with Gasteiger partial charge in [0.05, 0.1) is 6.04 Å². The molecule has 0 spiro atoms. The highest BCUT2D eigenvalue weighted by Gasteiger charge is 2.34. The number of esters is 1. The molecular weight excluding hydrogens is 350 g/mol. The van der Waals surface area contributed by atoms with E-state index in [0.717, 1.165) is 16.7 Å². The third-order valence-electron chi connectivity index (χ3n) is 4.69. The molecule has 1 aliphatic heterocycles. The van der Waals surface area contributed by atoms with Crippen molar-refractivity contribution < 1.29 is 14.3 Å². The third kappa shape index (κ3) is 3.71. The predicted molar refractivity (Wildman–Crippen MR) is 107 cm³/mol. The maximum Gasteiger partial charge on any atom is 0.332 e. The molecule has 138 valence electrons. The Kier molecular flexibility index (Phi) is 5.02. The summed E-state index contributed by atoms with van der Waals surface area (Å²) in [6.07, 6.45) is 0.421. The van der Waals surface area contributed by atoms with Crippen molar-refractivity contribution in [1.29, 1.82) is 0 Å². The second-order valence-corrected chi connectivity index (χ2v) is 6.55. The topological polar surface area (TPSA) is 55.4 Å². The fraction of sp³-hybridized carbons (Fsp3) is 0.0833. The summed E-state index contributed by atoms with van der Waals surface area (Å²) >= 11 is 0. The quantitative estimate of drug-likeness (QED) is 0.694. The first kappa shape index (κ1) is 17.7. The maximum atomic E-state index is 13.1. The predicted octanol–water partition coefficient (Wildman–Crippen LogP) is 3.90. The van der Waals surface area contributed by atoms with Crippen LogP contribution in [0.4, 0.5) is 0 Å². The Bertz CT molecular complexity index is 958.